The summed E-state index contributed by atoms with van der Waals surface area (Å²) in [6, 6.07) is 3.66. The first kappa shape index (κ1) is 14.3. The number of hydrogen-bond donors (Lipinski definition) is 3. The second-order valence-corrected chi connectivity index (χ2v) is 5.18. The molecule has 0 fully saturated rings. The van der Waals surface area contributed by atoms with E-state index in [4.69, 9.17) is 16.7 Å². The highest BCUT2D eigenvalue weighted by Crippen LogP contribution is 2.21. The number of nitrogens with zero attached hydrogens (tertiary/aromatic N) is 1. The van der Waals surface area contributed by atoms with Gasteiger partial charge in [0.2, 0.25) is 0 Å². The van der Waals surface area contributed by atoms with Crippen molar-refractivity contribution in [2.45, 2.75) is 6.54 Å². The molecule has 2 aromatic rings. The smallest absolute Gasteiger partial charge is 0.337 e. The minimum atomic E-state index is -1.14. The van der Waals surface area contributed by atoms with Crippen LogP contribution in [0.4, 0.5) is 10.5 Å². The summed E-state index contributed by atoms with van der Waals surface area (Å²) in [5.74, 6) is -1.14. The molecule has 0 radical (unpaired) electrons. The van der Waals surface area contributed by atoms with Crippen molar-refractivity contribution in [3.05, 3.63) is 45.4 Å². The van der Waals surface area contributed by atoms with Crippen LogP contribution in [0, 0.1) is 0 Å². The average molecular weight is 312 g/mol. The average Bonchev–Trinajstić information content (AvgIpc) is 2.89. The number of halogens is 1. The molecule has 0 saturated carbocycles. The Kier molecular flexibility index (Phi) is 4.54. The number of carboxylic acids is 1. The van der Waals surface area contributed by atoms with Crippen LogP contribution in [0.3, 0.4) is 0 Å². The minimum absolute atomic E-state index is 0.0256. The first-order chi connectivity index (χ1) is 9.56. The lowest BCUT2D eigenvalue weighted by molar-refractivity contribution is 0.0698. The number of carboxylic acid groups (broad SMARTS) is 1. The quantitative estimate of drug-likeness (QED) is 0.809. The lowest BCUT2D eigenvalue weighted by Crippen LogP contribution is -2.28. The van der Waals surface area contributed by atoms with Crippen LogP contribution in [0.25, 0.3) is 0 Å². The van der Waals surface area contributed by atoms with Gasteiger partial charge in [0, 0.05) is 16.1 Å². The van der Waals surface area contributed by atoms with Gasteiger partial charge in [0.1, 0.15) is 0 Å². The SMILES string of the molecule is O=C(NCc1cncs1)Nc1cc(Cl)ccc1C(=O)O. The molecular formula is C12H10ClN3O3S. The summed E-state index contributed by atoms with van der Waals surface area (Å²) in [5, 5.41) is 14.4. The number of benzene rings is 1. The maximum Gasteiger partial charge on any atom is 0.337 e. The molecule has 0 aliphatic heterocycles. The lowest BCUT2D eigenvalue weighted by atomic mass is 10.2. The summed E-state index contributed by atoms with van der Waals surface area (Å²) >= 11 is 7.20. The Balaban J connectivity index is 2.03. The first-order valence-corrected chi connectivity index (χ1v) is 6.77. The molecule has 0 atom stereocenters. The van der Waals surface area contributed by atoms with E-state index in [1.807, 2.05) is 0 Å². The zero-order valence-electron chi connectivity index (χ0n) is 10.1. The van der Waals surface area contributed by atoms with Gasteiger partial charge < -0.3 is 15.7 Å². The largest absolute Gasteiger partial charge is 0.478 e. The van der Waals surface area contributed by atoms with Gasteiger partial charge in [-0.05, 0) is 18.2 Å². The summed E-state index contributed by atoms with van der Waals surface area (Å²) < 4.78 is 0. The van der Waals surface area contributed by atoms with E-state index in [1.54, 1.807) is 11.7 Å². The van der Waals surface area contributed by atoms with Crippen LogP contribution >= 0.6 is 22.9 Å². The van der Waals surface area contributed by atoms with E-state index in [0.29, 0.717) is 11.6 Å². The van der Waals surface area contributed by atoms with E-state index < -0.39 is 12.0 Å². The molecule has 0 bridgehead atoms. The van der Waals surface area contributed by atoms with E-state index >= 15 is 0 Å². The van der Waals surface area contributed by atoms with E-state index in [9.17, 15) is 9.59 Å². The highest BCUT2D eigenvalue weighted by atomic mass is 35.5. The van der Waals surface area contributed by atoms with Gasteiger partial charge in [-0.25, -0.2) is 9.59 Å². The maximum absolute atomic E-state index is 11.7. The Bertz CT molecular complexity index is 631. The number of carbonyl (C=O) groups is 2. The van der Waals surface area contributed by atoms with Crippen molar-refractivity contribution in [3.8, 4) is 0 Å². The Hall–Kier alpha value is -2.12. The minimum Gasteiger partial charge on any atom is -0.478 e. The predicted molar refractivity (Wildman–Crippen MR) is 76.4 cm³/mol. The molecule has 1 aromatic carbocycles. The van der Waals surface area contributed by atoms with Gasteiger partial charge in [-0.1, -0.05) is 11.6 Å². The summed E-state index contributed by atoms with van der Waals surface area (Å²) in [6.45, 7) is 0.319. The highest BCUT2D eigenvalue weighted by Gasteiger charge is 2.12. The molecule has 1 aromatic heterocycles. The number of aromatic nitrogens is 1. The molecule has 8 heteroatoms. The number of thiazole rings is 1. The van der Waals surface area contributed by atoms with Crippen molar-refractivity contribution in [2.75, 3.05) is 5.32 Å². The molecule has 6 nitrogen and oxygen atoms in total. The van der Waals surface area contributed by atoms with Crippen molar-refractivity contribution in [2.24, 2.45) is 0 Å². The molecule has 2 amide bonds. The lowest BCUT2D eigenvalue weighted by Gasteiger charge is -2.09. The van der Waals surface area contributed by atoms with Gasteiger partial charge in [-0.15, -0.1) is 11.3 Å². The first-order valence-electron chi connectivity index (χ1n) is 5.51. The van der Waals surface area contributed by atoms with Gasteiger partial charge >= 0.3 is 12.0 Å². The van der Waals surface area contributed by atoms with E-state index in [-0.39, 0.29) is 11.3 Å². The van der Waals surface area contributed by atoms with Crippen LogP contribution in [-0.2, 0) is 6.54 Å². The summed E-state index contributed by atoms with van der Waals surface area (Å²) in [4.78, 5) is 27.5. The Morgan fingerprint density at radius 2 is 2.20 bits per heavy atom. The fraction of sp³-hybridized carbons (Fsp3) is 0.0833. The number of hydrogen-bond acceptors (Lipinski definition) is 4. The third-order valence-corrected chi connectivity index (χ3v) is 3.38. The fourth-order valence-corrected chi connectivity index (χ4v) is 2.18. The molecule has 3 N–H and O–H groups in total. The fourth-order valence-electron chi connectivity index (χ4n) is 1.47. The van der Waals surface area contributed by atoms with Crippen LogP contribution < -0.4 is 10.6 Å². The highest BCUT2D eigenvalue weighted by molar-refractivity contribution is 7.09. The van der Waals surface area contributed by atoms with Gasteiger partial charge in [0.25, 0.3) is 0 Å². The topological polar surface area (TPSA) is 91.3 Å². The number of urea groups is 1. The van der Waals surface area contributed by atoms with Crippen LogP contribution in [-0.4, -0.2) is 22.1 Å². The van der Waals surface area contributed by atoms with Gasteiger partial charge in [-0.2, -0.15) is 0 Å². The molecule has 0 aliphatic carbocycles. The van der Waals surface area contributed by atoms with Crippen LogP contribution in [0.15, 0.2) is 29.9 Å². The molecule has 0 unspecified atom stereocenters. The number of anilines is 1. The normalized spacial score (nSPS) is 10.1. The second kappa shape index (κ2) is 6.36. The Morgan fingerprint density at radius 1 is 1.40 bits per heavy atom. The van der Waals surface area contributed by atoms with Gasteiger partial charge in [0.15, 0.2) is 0 Å². The number of rotatable bonds is 4. The molecule has 0 spiro atoms. The van der Waals surface area contributed by atoms with Crippen molar-refractivity contribution >= 4 is 40.6 Å². The number of amides is 2. The predicted octanol–water partition coefficient (Wildman–Crippen LogP) is 2.82. The summed E-state index contributed by atoms with van der Waals surface area (Å²) in [5.41, 5.74) is 1.78. The van der Waals surface area contributed by atoms with Crippen molar-refractivity contribution in [1.82, 2.24) is 10.3 Å². The third-order valence-electron chi connectivity index (χ3n) is 2.37. The van der Waals surface area contributed by atoms with Crippen LogP contribution in [0.5, 0.6) is 0 Å². The molecule has 20 heavy (non-hydrogen) atoms. The molecule has 0 aliphatic rings. The zero-order chi connectivity index (χ0) is 14.5. The van der Waals surface area contributed by atoms with Crippen LogP contribution in [0.1, 0.15) is 15.2 Å². The zero-order valence-corrected chi connectivity index (χ0v) is 11.7. The summed E-state index contributed by atoms with van der Waals surface area (Å²) in [7, 11) is 0. The molecular weight excluding hydrogens is 302 g/mol. The maximum atomic E-state index is 11.7. The van der Waals surface area contributed by atoms with Gasteiger partial charge in [-0.3, -0.25) is 4.98 Å². The van der Waals surface area contributed by atoms with Crippen molar-refractivity contribution in [3.63, 3.8) is 0 Å². The molecule has 1 heterocycles. The number of aromatic carboxylic acids is 1. The van der Waals surface area contributed by atoms with Crippen LogP contribution in [0.2, 0.25) is 5.02 Å². The van der Waals surface area contributed by atoms with Gasteiger partial charge in [0.05, 0.1) is 23.3 Å². The van der Waals surface area contributed by atoms with Crippen molar-refractivity contribution in [1.29, 1.82) is 0 Å². The van der Waals surface area contributed by atoms with E-state index in [2.05, 4.69) is 15.6 Å². The Morgan fingerprint density at radius 3 is 2.85 bits per heavy atom. The summed E-state index contributed by atoms with van der Waals surface area (Å²) in [6.07, 6.45) is 1.65. The monoisotopic (exact) mass is 311 g/mol. The number of nitrogens with one attached hydrogen (secondary N) is 2. The molecule has 0 saturated heterocycles. The molecule has 104 valence electrons. The van der Waals surface area contributed by atoms with E-state index in [1.165, 1.54) is 29.5 Å². The number of carbonyl (C=O) groups excluding carboxylic acids is 1. The van der Waals surface area contributed by atoms with Crippen molar-refractivity contribution < 1.29 is 14.7 Å². The Labute approximate surface area is 123 Å². The second-order valence-electron chi connectivity index (χ2n) is 3.77. The third kappa shape index (κ3) is 3.69. The molecule has 2 rings (SSSR count). The van der Waals surface area contributed by atoms with E-state index in [0.717, 1.165) is 4.88 Å². The standard InChI is InChI=1S/C12H10ClN3O3S/c13-7-1-2-9(11(17)18)10(3-7)16-12(19)15-5-8-4-14-6-20-8/h1-4,6H,5H2,(H,17,18)(H2,15,16,19).